The lowest BCUT2D eigenvalue weighted by Crippen LogP contribution is -2.49. The molecule has 0 radical (unpaired) electrons. The van der Waals surface area contributed by atoms with E-state index in [1.54, 1.807) is 6.92 Å². The van der Waals surface area contributed by atoms with E-state index in [9.17, 15) is 10.2 Å². The maximum absolute atomic E-state index is 9.20. The number of nitrogens with two attached hydrogens (primary N) is 1. The van der Waals surface area contributed by atoms with Crippen molar-refractivity contribution in [3.05, 3.63) is 0 Å². The Balaban J connectivity index is 3.99. The van der Waals surface area contributed by atoms with Gasteiger partial charge < -0.3 is 26.2 Å². The van der Waals surface area contributed by atoms with Crippen LogP contribution < -0.4 is 5.73 Å². The van der Waals surface area contributed by atoms with Crippen molar-refractivity contribution in [1.29, 1.82) is 0 Å². The normalized spacial score (nSPS) is 21.5. The molecule has 0 saturated carbocycles. The van der Waals surface area contributed by atoms with Gasteiger partial charge in [-0.3, -0.25) is 0 Å². The minimum atomic E-state index is -1.29. The standard InChI is InChI=1S/C7H17NO4/c1-2-5(10)7(12)6(11)4(8)3-9/h4-7,9-12H,2-3,8H2,1H3/t4-,5-,6-,7-/m1/s1. The molecule has 0 aromatic rings. The second-order valence-electron chi connectivity index (χ2n) is 2.80. The Hall–Kier alpha value is -0.200. The summed E-state index contributed by atoms with van der Waals surface area (Å²) in [4.78, 5) is 0. The number of aliphatic hydroxyl groups is 4. The molecule has 0 aliphatic carbocycles. The average molecular weight is 179 g/mol. The molecule has 0 rings (SSSR count). The zero-order valence-electron chi connectivity index (χ0n) is 7.09. The predicted molar refractivity (Wildman–Crippen MR) is 43.4 cm³/mol. The van der Waals surface area contributed by atoms with Crippen molar-refractivity contribution >= 4 is 0 Å². The zero-order valence-corrected chi connectivity index (χ0v) is 7.09. The van der Waals surface area contributed by atoms with E-state index in [1.807, 2.05) is 0 Å². The zero-order chi connectivity index (χ0) is 9.72. The fraction of sp³-hybridized carbons (Fsp3) is 1.00. The van der Waals surface area contributed by atoms with Crippen LogP contribution in [-0.2, 0) is 0 Å². The Bertz CT molecular complexity index is 108. The molecular formula is C7H17NO4. The van der Waals surface area contributed by atoms with Crippen LogP contribution in [0.4, 0.5) is 0 Å². The first-order chi connectivity index (χ1) is 5.54. The molecular weight excluding hydrogens is 162 g/mol. The Morgan fingerprint density at radius 1 is 1.17 bits per heavy atom. The molecule has 0 unspecified atom stereocenters. The van der Waals surface area contributed by atoms with Gasteiger partial charge in [0, 0.05) is 0 Å². The van der Waals surface area contributed by atoms with Crippen LogP contribution >= 0.6 is 0 Å². The molecule has 0 aliphatic rings. The summed E-state index contributed by atoms with van der Waals surface area (Å²) in [5.41, 5.74) is 5.24. The summed E-state index contributed by atoms with van der Waals surface area (Å²) < 4.78 is 0. The lowest BCUT2D eigenvalue weighted by Gasteiger charge is -2.25. The molecule has 0 heterocycles. The molecule has 6 N–H and O–H groups in total. The van der Waals surface area contributed by atoms with Gasteiger partial charge in [-0.2, -0.15) is 0 Å². The van der Waals surface area contributed by atoms with Gasteiger partial charge in [-0.05, 0) is 6.42 Å². The van der Waals surface area contributed by atoms with Crippen LogP contribution in [-0.4, -0.2) is 51.4 Å². The van der Waals surface area contributed by atoms with E-state index in [2.05, 4.69) is 0 Å². The Labute approximate surface area is 71.4 Å². The lowest BCUT2D eigenvalue weighted by atomic mass is 10.0. The van der Waals surface area contributed by atoms with Gasteiger partial charge in [0.15, 0.2) is 0 Å². The first-order valence-electron chi connectivity index (χ1n) is 3.95. The van der Waals surface area contributed by atoms with Gasteiger partial charge in [-0.25, -0.2) is 0 Å². The number of hydrogen-bond donors (Lipinski definition) is 5. The molecule has 5 heteroatoms. The van der Waals surface area contributed by atoms with Crippen molar-refractivity contribution in [2.45, 2.75) is 37.7 Å². The van der Waals surface area contributed by atoms with Gasteiger partial charge in [0.05, 0.1) is 24.9 Å². The molecule has 0 aliphatic heterocycles. The van der Waals surface area contributed by atoms with Crippen molar-refractivity contribution in [2.75, 3.05) is 6.61 Å². The van der Waals surface area contributed by atoms with Crippen LogP contribution in [0.15, 0.2) is 0 Å². The third kappa shape index (κ3) is 3.04. The highest BCUT2D eigenvalue weighted by Gasteiger charge is 2.27. The third-order valence-electron chi connectivity index (χ3n) is 1.81. The topological polar surface area (TPSA) is 107 Å². The highest BCUT2D eigenvalue weighted by molar-refractivity contribution is 4.82. The maximum Gasteiger partial charge on any atom is 0.107 e. The molecule has 0 aromatic carbocycles. The lowest BCUT2D eigenvalue weighted by molar-refractivity contribution is -0.0733. The molecule has 0 aromatic heterocycles. The Morgan fingerprint density at radius 3 is 2.00 bits per heavy atom. The van der Waals surface area contributed by atoms with Gasteiger partial charge in [-0.1, -0.05) is 6.92 Å². The predicted octanol–water partition coefficient (Wildman–Crippen LogP) is -2.20. The number of rotatable bonds is 5. The molecule has 4 atom stereocenters. The highest BCUT2D eigenvalue weighted by Crippen LogP contribution is 2.05. The molecule has 74 valence electrons. The number of aliphatic hydroxyl groups excluding tert-OH is 4. The van der Waals surface area contributed by atoms with Crippen molar-refractivity contribution in [3.8, 4) is 0 Å². The van der Waals surface area contributed by atoms with Crippen LogP contribution in [0.5, 0.6) is 0 Å². The minimum absolute atomic E-state index is 0.330. The maximum atomic E-state index is 9.20. The van der Waals surface area contributed by atoms with Crippen LogP contribution in [0.3, 0.4) is 0 Å². The molecule has 12 heavy (non-hydrogen) atoms. The quantitative estimate of drug-likeness (QED) is 0.329. The van der Waals surface area contributed by atoms with Crippen molar-refractivity contribution < 1.29 is 20.4 Å². The van der Waals surface area contributed by atoms with E-state index in [0.29, 0.717) is 6.42 Å². The van der Waals surface area contributed by atoms with Gasteiger partial charge in [-0.15, -0.1) is 0 Å². The first kappa shape index (κ1) is 11.8. The summed E-state index contributed by atoms with van der Waals surface area (Å²) in [7, 11) is 0. The summed E-state index contributed by atoms with van der Waals surface area (Å²) in [6, 6.07) is -0.916. The van der Waals surface area contributed by atoms with Crippen molar-refractivity contribution in [3.63, 3.8) is 0 Å². The van der Waals surface area contributed by atoms with Crippen LogP contribution in [0.25, 0.3) is 0 Å². The molecule has 0 saturated heterocycles. The van der Waals surface area contributed by atoms with Crippen LogP contribution in [0.1, 0.15) is 13.3 Å². The second-order valence-corrected chi connectivity index (χ2v) is 2.80. The molecule has 0 bridgehead atoms. The Morgan fingerprint density at radius 2 is 1.67 bits per heavy atom. The van der Waals surface area contributed by atoms with E-state index in [0.717, 1.165) is 0 Å². The van der Waals surface area contributed by atoms with Crippen molar-refractivity contribution in [2.24, 2.45) is 5.73 Å². The summed E-state index contributed by atoms with van der Waals surface area (Å²) in [6.45, 7) is 1.25. The van der Waals surface area contributed by atoms with Crippen LogP contribution in [0.2, 0.25) is 0 Å². The first-order valence-corrected chi connectivity index (χ1v) is 3.95. The fourth-order valence-corrected chi connectivity index (χ4v) is 0.830. The van der Waals surface area contributed by atoms with Gasteiger partial charge in [0.25, 0.3) is 0 Å². The molecule has 0 fully saturated rings. The van der Waals surface area contributed by atoms with Crippen LogP contribution in [0, 0.1) is 0 Å². The monoisotopic (exact) mass is 179 g/mol. The highest BCUT2D eigenvalue weighted by atomic mass is 16.4. The van der Waals surface area contributed by atoms with E-state index in [1.165, 1.54) is 0 Å². The van der Waals surface area contributed by atoms with Crippen molar-refractivity contribution in [1.82, 2.24) is 0 Å². The minimum Gasteiger partial charge on any atom is -0.395 e. The van der Waals surface area contributed by atoms with Gasteiger partial charge >= 0.3 is 0 Å². The third-order valence-corrected chi connectivity index (χ3v) is 1.81. The second kappa shape index (κ2) is 5.45. The smallest absolute Gasteiger partial charge is 0.107 e. The largest absolute Gasteiger partial charge is 0.395 e. The molecule has 5 nitrogen and oxygen atoms in total. The summed E-state index contributed by atoms with van der Waals surface area (Å²) in [5, 5.41) is 36.0. The molecule has 0 amide bonds. The van der Waals surface area contributed by atoms with Gasteiger partial charge in [0.1, 0.15) is 6.10 Å². The van der Waals surface area contributed by atoms with E-state index in [4.69, 9.17) is 15.9 Å². The van der Waals surface area contributed by atoms with Gasteiger partial charge in [0.2, 0.25) is 0 Å². The summed E-state index contributed by atoms with van der Waals surface area (Å²) in [6.07, 6.45) is -3.25. The molecule has 0 spiro atoms. The number of hydrogen-bond acceptors (Lipinski definition) is 5. The fourth-order valence-electron chi connectivity index (χ4n) is 0.830. The van der Waals surface area contributed by atoms with E-state index in [-0.39, 0.29) is 0 Å². The average Bonchev–Trinajstić information content (AvgIpc) is 2.12. The Kier molecular flexibility index (Phi) is 5.36. The van der Waals surface area contributed by atoms with E-state index < -0.39 is 31.0 Å². The SMILES string of the molecule is CC[C@@H](O)[C@@H](O)[C@H](O)[C@H](N)CO. The summed E-state index contributed by atoms with van der Waals surface area (Å²) >= 11 is 0. The summed E-state index contributed by atoms with van der Waals surface area (Å²) in [5.74, 6) is 0. The van der Waals surface area contributed by atoms with E-state index >= 15 is 0 Å².